The molecule has 2 aromatic carbocycles. The Morgan fingerprint density at radius 1 is 1.06 bits per heavy atom. The molecule has 3 aromatic rings. The van der Waals surface area contributed by atoms with Crippen molar-refractivity contribution in [2.24, 2.45) is 0 Å². The Bertz CT molecular complexity index is 1220. The van der Waals surface area contributed by atoms with Gasteiger partial charge in [-0.2, -0.15) is 13.2 Å². The number of rotatable bonds is 4. The number of nitrogens with one attached hydrogen (secondary N) is 1. The number of carbonyl (C=O) groups excluding carboxylic acids is 2. The van der Waals surface area contributed by atoms with Crippen LogP contribution in [0.5, 0.6) is 0 Å². The van der Waals surface area contributed by atoms with Crippen molar-refractivity contribution in [2.75, 3.05) is 13.1 Å². The molecule has 33 heavy (non-hydrogen) atoms. The lowest BCUT2D eigenvalue weighted by atomic mass is 9.86. The van der Waals surface area contributed by atoms with Gasteiger partial charge in [0.05, 0.1) is 18.2 Å². The smallest absolute Gasteiger partial charge is 0.356 e. The first-order valence-electron chi connectivity index (χ1n) is 11.2. The van der Waals surface area contributed by atoms with Crippen LogP contribution in [-0.2, 0) is 22.2 Å². The van der Waals surface area contributed by atoms with E-state index < -0.39 is 23.8 Å². The van der Waals surface area contributed by atoms with Gasteiger partial charge < -0.3 is 14.8 Å². The van der Waals surface area contributed by atoms with Crippen molar-refractivity contribution in [1.29, 1.82) is 0 Å². The summed E-state index contributed by atoms with van der Waals surface area (Å²) >= 11 is 0. The average molecular weight is 455 g/mol. The first kappa shape index (κ1) is 21.6. The molecule has 2 amide bonds. The van der Waals surface area contributed by atoms with Gasteiger partial charge in [-0.05, 0) is 35.7 Å². The van der Waals surface area contributed by atoms with Gasteiger partial charge in [-0.1, -0.05) is 43.7 Å². The van der Waals surface area contributed by atoms with Crippen LogP contribution < -0.4 is 0 Å². The van der Waals surface area contributed by atoms with Gasteiger partial charge >= 0.3 is 6.18 Å². The Kier molecular flexibility index (Phi) is 5.18. The molecule has 1 aromatic heterocycles. The van der Waals surface area contributed by atoms with E-state index in [0.29, 0.717) is 18.5 Å². The summed E-state index contributed by atoms with van der Waals surface area (Å²) in [6.45, 7) is 2.54. The summed E-state index contributed by atoms with van der Waals surface area (Å²) in [4.78, 5) is 33.3. The second kappa shape index (κ2) is 7.93. The molecule has 3 heterocycles. The number of aromatic nitrogens is 1. The Labute approximate surface area is 189 Å². The Balaban J connectivity index is 1.64. The quantitative estimate of drug-likeness (QED) is 0.622. The number of carbonyl (C=O) groups is 2. The molecule has 1 N–H and O–H groups in total. The molecule has 0 radical (unpaired) electrons. The fourth-order valence-electron chi connectivity index (χ4n) is 5.06. The van der Waals surface area contributed by atoms with Gasteiger partial charge in [0.15, 0.2) is 0 Å². The van der Waals surface area contributed by atoms with Gasteiger partial charge in [-0.25, -0.2) is 0 Å². The highest BCUT2D eigenvalue weighted by molar-refractivity contribution is 5.97. The molecule has 172 valence electrons. The van der Waals surface area contributed by atoms with Crippen LogP contribution in [0.1, 0.15) is 48.2 Å². The minimum Gasteiger partial charge on any atom is -0.356 e. The molecule has 2 aliphatic rings. The van der Waals surface area contributed by atoms with Crippen molar-refractivity contribution in [2.45, 2.75) is 44.4 Å². The number of unbranched alkanes of at least 4 members (excludes halogenated alkanes) is 1. The van der Waals surface area contributed by atoms with Crippen LogP contribution in [0.3, 0.4) is 0 Å². The van der Waals surface area contributed by atoms with Gasteiger partial charge in [0.1, 0.15) is 6.04 Å². The number of benzene rings is 2. The van der Waals surface area contributed by atoms with E-state index in [9.17, 15) is 22.8 Å². The molecule has 0 saturated carbocycles. The van der Waals surface area contributed by atoms with Gasteiger partial charge in [0, 0.05) is 29.6 Å². The van der Waals surface area contributed by atoms with Crippen LogP contribution in [0.4, 0.5) is 13.2 Å². The van der Waals surface area contributed by atoms with Crippen LogP contribution in [0.25, 0.3) is 10.9 Å². The van der Waals surface area contributed by atoms with E-state index in [1.54, 1.807) is 9.80 Å². The monoisotopic (exact) mass is 455 g/mol. The number of piperazine rings is 1. The van der Waals surface area contributed by atoms with Crippen LogP contribution in [0.2, 0.25) is 0 Å². The number of halogens is 3. The van der Waals surface area contributed by atoms with Crippen LogP contribution in [0.15, 0.2) is 48.5 Å². The number of aromatic amines is 1. The molecule has 8 heteroatoms. The summed E-state index contributed by atoms with van der Waals surface area (Å²) in [6.07, 6.45) is -2.35. The fourth-order valence-corrected chi connectivity index (χ4v) is 5.06. The molecule has 0 unspecified atom stereocenters. The maximum Gasteiger partial charge on any atom is 0.416 e. The number of fused-ring (bicyclic) bond motifs is 4. The highest BCUT2D eigenvalue weighted by Crippen LogP contribution is 2.43. The maximum atomic E-state index is 13.4. The number of hydrogen-bond donors (Lipinski definition) is 1. The lowest BCUT2D eigenvalue weighted by Gasteiger charge is -2.47. The molecule has 1 saturated heterocycles. The van der Waals surface area contributed by atoms with Gasteiger partial charge in [-0.15, -0.1) is 0 Å². The molecule has 2 atom stereocenters. The Morgan fingerprint density at radius 3 is 2.48 bits per heavy atom. The molecule has 5 nitrogen and oxygen atoms in total. The molecule has 0 bridgehead atoms. The predicted molar refractivity (Wildman–Crippen MR) is 117 cm³/mol. The zero-order valence-corrected chi connectivity index (χ0v) is 18.2. The summed E-state index contributed by atoms with van der Waals surface area (Å²) in [5, 5.41) is 0.968. The number of amides is 2. The van der Waals surface area contributed by atoms with E-state index in [0.717, 1.165) is 47.1 Å². The molecule has 1 fully saturated rings. The summed E-state index contributed by atoms with van der Waals surface area (Å²) in [7, 11) is 0. The largest absolute Gasteiger partial charge is 0.416 e. The molecule has 0 spiro atoms. The van der Waals surface area contributed by atoms with Crippen molar-refractivity contribution in [3.8, 4) is 0 Å². The second-order valence-corrected chi connectivity index (χ2v) is 8.72. The van der Waals surface area contributed by atoms with E-state index in [1.807, 2.05) is 31.2 Å². The zero-order chi connectivity index (χ0) is 23.3. The number of nitrogens with zero attached hydrogens (tertiary/aromatic N) is 2. The third-order valence-electron chi connectivity index (χ3n) is 6.68. The predicted octanol–water partition coefficient (Wildman–Crippen LogP) is 4.67. The normalized spacial score (nSPS) is 20.8. The van der Waals surface area contributed by atoms with E-state index in [4.69, 9.17) is 0 Å². The van der Waals surface area contributed by atoms with E-state index in [2.05, 4.69) is 4.98 Å². The number of para-hydroxylation sites is 1. The first-order chi connectivity index (χ1) is 15.8. The van der Waals surface area contributed by atoms with Gasteiger partial charge in [-0.3, -0.25) is 9.59 Å². The van der Waals surface area contributed by atoms with Crippen LogP contribution >= 0.6 is 0 Å². The average Bonchev–Trinajstić information content (AvgIpc) is 3.17. The Hall–Kier alpha value is -3.29. The molecule has 5 rings (SSSR count). The minimum atomic E-state index is -4.45. The van der Waals surface area contributed by atoms with E-state index in [1.165, 1.54) is 12.1 Å². The highest BCUT2D eigenvalue weighted by Gasteiger charge is 2.48. The van der Waals surface area contributed by atoms with Crippen LogP contribution in [-0.4, -0.2) is 45.7 Å². The third-order valence-corrected chi connectivity index (χ3v) is 6.68. The van der Waals surface area contributed by atoms with Crippen molar-refractivity contribution < 1.29 is 22.8 Å². The summed E-state index contributed by atoms with van der Waals surface area (Å²) in [6, 6.07) is 11.3. The SMILES string of the molecule is CCCCN1CC(=O)N2[C@@H](c3ccc(C(F)(F)F)cc3)c3[nH]c4ccccc4c3C[C@@H]2C1=O. The third kappa shape index (κ3) is 3.57. The molecule has 0 aliphatic carbocycles. The Morgan fingerprint density at radius 2 is 1.79 bits per heavy atom. The zero-order valence-electron chi connectivity index (χ0n) is 18.2. The number of alkyl halides is 3. The van der Waals surface area contributed by atoms with Gasteiger partial charge in [0.25, 0.3) is 0 Å². The minimum absolute atomic E-state index is 0.0119. The van der Waals surface area contributed by atoms with Crippen molar-refractivity contribution >= 4 is 22.7 Å². The summed E-state index contributed by atoms with van der Waals surface area (Å²) < 4.78 is 39.4. The molecular weight excluding hydrogens is 431 g/mol. The summed E-state index contributed by atoms with van der Waals surface area (Å²) in [5.74, 6) is -0.291. The maximum absolute atomic E-state index is 13.4. The topological polar surface area (TPSA) is 56.4 Å². The van der Waals surface area contributed by atoms with Crippen molar-refractivity contribution in [1.82, 2.24) is 14.8 Å². The lowest BCUT2D eigenvalue weighted by molar-refractivity contribution is -0.158. The van der Waals surface area contributed by atoms with Gasteiger partial charge in [0.2, 0.25) is 11.8 Å². The van der Waals surface area contributed by atoms with E-state index >= 15 is 0 Å². The van der Waals surface area contributed by atoms with Crippen LogP contribution in [0, 0.1) is 0 Å². The van der Waals surface area contributed by atoms with E-state index in [-0.39, 0.29) is 18.4 Å². The van der Waals surface area contributed by atoms with Crippen molar-refractivity contribution in [3.63, 3.8) is 0 Å². The molecule has 2 aliphatic heterocycles. The lowest BCUT2D eigenvalue weighted by Crippen LogP contribution is -2.63. The highest BCUT2D eigenvalue weighted by atomic mass is 19.4. The molecular formula is C25H24F3N3O2. The number of H-pyrrole nitrogens is 1. The summed E-state index contributed by atoms with van der Waals surface area (Å²) in [5.41, 5.74) is 2.37. The fraction of sp³-hybridized carbons (Fsp3) is 0.360. The first-order valence-corrected chi connectivity index (χ1v) is 11.2. The number of hydrogen-bond acceptors (Lipinski definition) is 2. The van der Waals surface area contributed by atoms with Crippen molar-refractivity contribution in [3.05, 3.63) is 70.9 Å². The second-order valence-electron chi connectivity index (χ2n) is 8.72. The standard InChI is InChI=1S/C25H24F3N3O2/c1-2-3-12-30-14-21(32)31-20(24(30)33)13-18-17-6-4-5-7-19(17)29-22(18)23(31)15-8-10-16(11-9-15)25(26,27)28/h4-11,20,23,29H,2-3,12-14H2,1H3/t20-,23+/m1/s1.